The molecule has 0 atom stereocenters. The predicted octanol–water partition coefficient (Wildman–Crippen LogP) is 3.10. The molecule has 0 radical (unpaired) electrons. The number of pyridine rings is 1. The second-order valence-corrected chi connectivity index (χ2v) is 6.13. The highest BCUT2D eigenvalue weighted by Gasteiger charge is 2.09. The third-order valence-electron chi connectivity index (χ3n) is 4.03. The quantitative estimate of drug-likeness (QED) is 0.522. The molecule has 0 saturated carbocycles. The Balaban J connectivity index is 1.48. The summed E-state index contributed by atoms with van der Waals surface area (Å²) in [7, 11) is 0. The summed E-state index contributed by atoms with van der Waals surface area (Å²) in [5.74, 6) is 0.240. The van der Waals surface area contributed by atoms with E-state index < -0.39 is 0 Å². The molecule has 0 saturated heterocycles. The maximum absolute atomic E-state index is 10.8. The van der Waals surface area contributed by atoms with Gasteiger partial charge >= 0.3 is 0 Å². The van der Waals surface area contributed by atoms with Crippen molar-refractivity contribution >= 4 is 28.4 Å². The zero-order valence-corrected chi connectivity index (χ0v) is 14.5. The molecule has 3 N–H and O–H groups in total. The Morgan fingerprint density at radius 1 is 1.22 bits per heavy atom. The highest BCUT2D eigenvalue weighted by Crippen LogP contribution is 2.26. The Morgan fingerprint density at radius 3 is 2.96 bits per heavy atom. The van der Waals surface area contributed by atoms with E-state index in [0.29, 0.717) is 30.9 Å². The second kappa shape index (κ2) is 7.28. The van der Waals surface area contributed by atoms with E-state index in [0.717, 1.165) is 22.5 Å². The van der Waals surface area contributed by atoms with Gasteiger partial charge in [0.25, 0.3) is 0 Å². The molecule has 0 aliphatic rings. The van der Waals surface area contributed by atoms with Crippen molar-refractivity contribution in [2.24, 2.45) is 5.73 Å². The number of benzene rings is 1. The molecule has 3 aromatic heterocycles. The first kappa shape index (κ1) is 16.8. The summed E-state index contributed by atoms with van der Waals surface area (Å²) in [6, 6.07) is 9.47. The van der Waals surface area contributed by atoms with E-state index in [1.165, 1.54) is 0 Å². The van der Waals surface area contributed by atoms with Crippen molar-refractivity contribution in [3.63, 3.8) is 0 Å². The fourth-order valence-corrected chi connectivity index (χ4v) is 2.75. The summed E-state index contributed by atoms with van der Waals surface area (Å²) in [6.07, 6.45) is 8.06. The van der Waals surface area contributed by atoms with Crippen molar-refractivity contribution in [1.29, 1.82) is 0 Å². The molecular weight excluding hydrogens is 344 g/mol. The first-order chi connectivity index (χ1) is 13.2. The van der Waals surface area contributed by atoms with E-state index in [4.69, 9.17) is 10.2 Å². The standard InChI is InChI=1S/C19H18N6O2/c20-18(26)4-2-8-25-12-15(11-22-25)23-14-5-6-17-16(9-14)24-19(27-17)13-3-1-7-21-10-13/h1,3,5-7,9-12,23H,2,4,8H2,(H2,20,26). The summed E-state index contributed by atoms with van der Waals surface area (Å²) in [5.41, 5.74) is 9.18. The molecule has 8 nitrogen and oxygen atoms in total. The van der Waals surface area contributed by atoms with Crippen LogP contribution >= 0.6 is 0 Å². The number of rotatable bonds is 7. The lowest BCUT2D eigenvalue weighted by Gasteiger charge is -2.02. The van der Waals surface area contributed by atoms with Crippen LogP contribution in [0.25, 0.3) is 22.6 Å². The Morgan fingerprint density at radius 2 is 2.15 bits per heavy atom. The van der Waals surface area contributed by atoms with Crippen LogP contribution in [0, 0.1) is 0 Å². The van der Waals surface area contributed by atoms with Crippen LogP contribution in [0.2, 0.25) is 0 Å². The molecule has 136 valence electrons. The van der Waals surface area contributed by atoms with E-state index in [2.05, 4.69) is 20.4 Å². The highest BCUT2D eigenvalue weighted by molar-refractivity contribution is 5.81. The number of aryl methyl sites for hydroxylation is 1. The SMILES string of the molecule is NC(=O)CCCn1cc(Nc2ccc3oc(-c4cccnc4)nc3c2)cn1. The van der Waals surface area contributed by atoms with E-state index in [-0.39, 0.29) is 5.91 Å². The molecule has 0 unspecified atom stereocenters. The van der Waals surface area contributed by atoms with Gasteiger partial charge in [-0.05, 0) is 36.8 Å². The first-order valence-corrected chi connectivity index (χ1v) is 8.56. The smallest absolute Gasteiger partial charge is 0.228 e. The molecule has 0 aliphatic heterocycles. The summed E-state index contributed by atoms with van der Waals surface area (Å²) in [6.45, 7) is 0.640. The summed E-state index contributed by atoms with van der Waals surface area (Å²) >= 11 is 0. The van der Waals surface area contributed by atoms with Crippen LogP contribution < -0.4 is 11.1 Å². The minimum absolute atomic E-state index is 0.299. The van der Waals surface area contributed by atoms with Crippen LogP contribution in [0.5, 0.6) is 0 Å². The minimum atomic E-state index is -0.299. The first-order valence-electron chi connectivity index (χ1n) is 8.56. The van der Waals surface area contributed by atoms with Crippen molar-refractivity contribution in [2.45, 2.75) is 19.4 Å². The molecule has 0 aliphatic carbocycles. The van der Waals surface area contributed by atoms with Gasteiger partial charge in [0.05, 0.1) is 17.4 Å². The third-order valence-corrected chi connectivity index (χ3v) is 4.03. The number of oxazole rings is 1. The van der Waals surface area contributed by atoms with Gasteiger partial charge in [-0.2, -0.15) is 5.10 Å². The Labute approximate surface area is 155 Å². The van der Waals surface area contributed by atoms with Gasteiger partial charge in [0.2, 0.25) is 11.8 Å². The Hall–Kier alpha value is -3.68. The summed E-state index contributed by atoms with van der Waals surface area (Å²) in [4.78, 5) is 19.4. The number of carbonyl (C=O) groups is 1. The van der Waals surface area contributed by atoms with Crippen molar-refractivity contribution in [3.05, 3.63) is 55.1 Å². The largest absolute Gasteiger partial charge is 0.436 e. The summed E-state index contributed by atoms with van der Waals surface area (Å²) < 4.78 is 7.57. The third kappa shape index (κ3) is 3.95. The van der Waals surface area contributed by atoms with Crippen molar-refractivity contribution in [1.82, 2.24) is 19.7 Å². The molecular formula is C19H18N6O2. The van der Waals surface area contributed by atoms with E-state index in [9.17, 15) is 4.79 Å². The van der Waals surface area contributed by atoms with Crippen LogP contribution in [-0.2, 0) is 11.3 Å². The van der Waals surface area contributed by atoms with Gasteiger partial charge in [-0.1, -0.05) is 0 Å². The van der Waals surface area contributed by atoms with Crippen LogP contribution in [0.1, 0.15) is 12.8 Å². The fraction of sp³-hybridized carbons (Fsp3) is 0.158. The molecule has 0 fully saturated rings. The maximum Gasteiger partial charge on any atom is 0.228 e. The Kier molecular flexibility index (Phi) is 4.52. The molecule has 8 heteroatoms. The average Bonchev–Trinajstić information content (AvgIpc) is 3.29. The van der Waals surface area contributed by atoms with Crippen molar-refractivity contribution < 1.29 is 9.21 Å². The molecule has 4 aromatic rings. The topological polar surface area (TPSA) is 112 Å². The molecule has 4 rings (SSSR count). The summed E-state index contributed by atoms with van der Waals surface area (Å²) in [5, 5.41) is 7.57. The number of amides is 1. The lowest BCUT2D eigenvalue weighted by atomic mass is 10.3. The van der Waals surface area contributed by atoms with Gasteiger partial charge < -0.3 is 15.5 Å². The van der Waals surface area contributed by atoms with Gasteiger partial charge in [0.15, 0.2) is 5.58 Å². The van der Waals surface area contributed by atoms with Gasteiger partial charge in [0.1, 0.15) is 5.52 Å². The van der Waals surface area contributed by atoms with Gasteiger partial charge in [0, 0.05) is 37.2 Å². The number of nitrogens with two attached hydrogens (primary N) is 1. The number of anilines is 2. The number of nitrogens with one attached hydrogen (secondary N) is 1. The zero-order valence-electron chi connectivity index (χ0n) is 14.5. The number of hydrogen-bond acceptors (Lipinski definition) is 6. The van der Waals surface area contributed by atoms with E-state index >= 15 is 0 Å². The van der Waals surface area contributed by atoms with Gasteiger partial charge in [-0.15, -0.1) is 0 Å². The van der Waals surface area contributed by atoms with E-state index in [1.54, 1.807) is 23.3 Å². The molecule has 3 heterocycles. The van der Waals surface area contributed by atoms with Crippen LogP contribution in [0.15, 0.2) is 59.5 Å². The molecule has 0 spiro atoms. The molecule has 27 heavy (non-hydrogen) atoms. The normalized spacial score (nSPS) is 11.0. The number of carbonyl (C=O) groups excluding carboxylic acids is 1. The predicted molar refractivity (Wildman–Crippen MR) is 101 cm³/mol. The lowest BCUT2D eigenvalue weighted by Crippen LogP contribution is -2.11. The number of primary amides is 1. The van der Waals surface area contributed by atoms with Crippen molar-refractivity contribution in [2.75, 3.05) is 5.32 Å². The number of nitrogens with zero attached hydrogens (tertiary/aromatic N) is 4. The number of fused-ring (bicyclic) bond motifs is 1. The van der Waals surface area contributed by atoms with Gasteiger partial charge in [-0.3, -0.25) is 14.5 Å². The number of hydrogen-bond donors (Lipinski definition) is 2. The molecule has 1 amide bonds. The van der Waals surface area contributed by atoms with Crippen molar-refractivity contribution in [3.8, 4) is 11.5 Å². The lowest BCUT2D eigenvalue weighted by molar-refractivity contribution is -0.118. The molecule has 0 bridgehead atoms. The average molecular weight is 362 g/mol. The highest BCUT2D eigenvalue weighted by atomic mass is 16.3. The Bertz CT molecular complexity index is 1070. The zero-order chi connectivity index (χ0) is 18.6. The minimum Gasteiger partial charge on any atom is -0.436 e. The van der Waals surface area contributed by atoms with E-state index in [1.807, 2.05) is 36.5 Å². The van der Waals surface area contributed by atoms with Crippen LogP contribution in [0.3, 0.4) is 0 Å². The number of aromatic nitrogens is 4. The fourth-order valence-electron chi connectivity index (χ4n) is 2.75. The van der Waals surface area contributed by atoms with Crippen LogP contribution in [-0.4, -0.2) is 25.7 Å². The van der Waals surface area contributed by atoms with Gasteiger partial charge in [-0.25, -0.2) is 4.98 Å². The maximum atomic E-state index is 10.8. The monoisotopic (exact) mass is 362 g/mol. The second-order valence-electron chi connectivity index (χ2n) is 6.13. The molecule has 1 aromatic carbocycles. The van der Waals surface area contributed by atoms with Crippen LogP contribution in [0.4, 0.5) is 11.4 Å².